The van der Waals surface area contributed by atoms with Crippen LogP contribution in [0.5, 0.6) is 0 Å². The van der Waals surface area contributed by atoms with Crippen molar-refractivity contribution in [3.8, 4) is 0 Å². The molecule has 0 saturated carbocycles. The summed E-state index contributed by atoms with van der Waals surface area (Å²) in [4.78, 5) is 0. The van der Waals surface area contributed by atoms with Crippen LogP contribution in [-0.4, -0.2) is 22.5 Å². The van der Waals surface area contributed by atoms with Gasteiger partial charge >= 0.3 is 0 Å². The van der Waals surface area contributed by atoms with Gasteiger partial charge in [-0.3, -0.25) is 4.68 Å². The standard InChI is InChI=1S/C12H20BrN3O/c1-2-6-16-12(9(13)8-15-16)11(14)10-5-3-4-7-17-10/h8,10-11H,2-7,14H2,1H3. The average Bonchev–Trinajstić information content (AvgIpc) is 2.71. The zero-order valence-corrected chi connectivity index (χ0v) is 11.8. The molecule has 17 heavy (non-hydrogen) atoms. The first kappa shape index (κ1) is 13.1. The van der Waals surface area contributed by atoms with E-state index >= 15 is 0 Å². The predicted molar refractivity (Wildman–Crippen MR) is 70.7 cm³/mol. The molecule has 96 valence electrons. The van der Waals surface area contributed by atoms with Crippen LogP contribution in [0.2, 0.25) is 0 Å². The van der Waals surface area contributed by atoms with Gasteiger partial charge in [0.15, 0.2) is 0 Å². The third-order valence-electron chi connectivity index (χ3n) is 3.20. The molecule has 1 aromatic rings. The number of hydrogen-bond donors (Lipinski definition) is 1. The van der Waals surface area contributed by atoms with E-state index < -0.39 is 0 Å². The van der Waals surface area contributed by atoms with Gasteiger partial charge in [0.05, 0.1) is 28.5 Å². The van der Waals surface area contributed by atoms with Crippen LogP contribution in [0.25, 0.3) is 0 Å². The Labute approximate surface area is 111 Å². The second-order valence-electron chi connectivity index (χ2n) is 4.53. The van der Waals surface area contributed by atoms with Crippen molar-refractivity contribution in [1.29, 1.82) is 0 Å². The molecular formula is C12H20BrN3O. The highest BCUT2D eigenvalue weighted by Gasteiger charge is 2.27. The predicted octanol–water partition coefficient (Wildman–Crippen LogP) is 2.62. The molecule has 0 aliphatic carbocycles. The number of halogens is 1. The highest BCUT2D eigenvalue weighted by atomic mass is 79.9. The smallest absolute Gasteiger partial charge is 0.0783 e. The van der Waals surface area contributed by atoms with Gasteiger partial charge in [-0.1, -0.05) is 6.92 Å². The molecule has 1 aliphatic rings. The molecular weight excluding hydrogens is 282 g/mol. The fraction of sp³-hybridized carbons (Fsp3) is 0.750. The third kappa shape index (κ3) is 2.89. The molecule has 2 heterocycles. The summed E-state index contributed by atoms with van der Waals surface area (Å²) in [6.07, 6.45) is 6.42. The van der Waals surface area contributed by atoms with Gasteiger partial charge in [-0.15, -0.1) is 0 Å². The summed E-state index contributed by atoms with van der Waals surface area (Å²) in [7, 11) is 0. The van der Waals surface area contributed by atoms with E-state index in [1.165, 1.54) is 6.42 Å². The molecule has 1 fully saturated rings. The van der Waals surface area contributed by atoms with Gasteiger partial charge in [-0.25, -0.2) is 0 Å². The first-order valence-corrected chi connectivity index (χ1v) is 7.11. The molecule has 0 aromatic carbocycles. The number of rotatable bonds is 4. The van der Waals surface area contributed by atoms with Gasteiger partial charge in [-0.05, 0) is 41.6 Å². The lowest BCUT2D eigenvalue weighted by atomic mass is 10.0. The molecule has 1 aliphatic heterocycles. The van der Waals surface area contributed by atoms with Crippen molar-refractivity contribution in [1.82, 2.24) is 9.78 Å². The number of nitrogens with zero attached hydrogens (tertiary/aromatic N) is 2. The van der Waals surface area contributed by atoms with Gasteiger partial charge in [0, 0.05) is 13.2 Å². The molecule has 2 atom stereocenters. The van der Waals surface area contributed by atoms with Crippen molar-refractivity contribution < 1.29 is 4.74 Å². The van der Waals surface area contributed by atoms with Crippen LogP contribution < -0.4 is 5.73 Å². The van der Waals surface area contributed by atoms with Crippen LogP contribution in [0.1, 0.15) is 44.3 Å². The lowest BCUT2D eigenvalue weighted by molar-refractivity contribution is -0.00176. The second-order valence-corrected chi connectivity index (χ2v) is 5.39. The Balaban J connectivity index is 2.16. The van der Waals surface area contributed by atoms with E-state index in [9.17, 15) is 0 Å². The number of aromatic nitrogens is 2. The van der Waals surface area contributed by atoms with Gasteiger partial charge in [-0.2, -0.15) is 5.10 Å². The summed E-state index contributed by atoms with van der Waals surface area (Å²) in [5.41, 5.74) is 7.40. The van der Waals surface area contributed by atoms with E-state index in [2.05, 4.69) is 28.0 Å². The average molecular weight is 302 g/mol. The van der Waals surface area contributed by atoms with Crippen molar-refractivity contribution in [3.05, 3.63) is 16.4 Å². The molecule has 2 rings (SSSR count). The van der Waals surface area contributed by atoms with E-state index in [1.807, 2.05) is 10.9 Å². The molecule has 0 spiro atoms. The largest absolute Gasteiger partial charge is 0.376 e. The number of aryl methyl sites for hydroxylation is 1. The quantitative estimate of drug-likeness (QED) is 0.930. The van der Waals surface area contributed by atoms with Crippen molar-refractivity contribution in [2.45, 2.75) is 51.3 Å². The number of ether oxygens (including phenoxy) is 1. The van der Waals surface area contributed by atoms with E-state index in [4.69, 9.17) is 10.5 Å². The van der Waals surface area contributed by atoms with Crippen LogP contribution in [0, 0.1) is 0 Å². The summed E-state index contributed by atoms with van der Waals surface area (Å²) in [6, 6.07) is -0.0845. The van der Waals surface area contributed by atoms with Gasteiger partial charge in [0.25, 0.3) is 0 Å². The second kappa shape index (κ2) is 5.98. The fourth-order valence-electron chi connectivity index (χ4n) is 2.32. The van der Waals surface area contributed by atoms with Crippen molar-refractivity contribution >= 4 is 15.9 Å². The van der Waals surface area contributed by atoms with Crippen LogP contribution in [0.15, 0.2) is 10.7 Å². The molecule has 1 saturated heterocycles. The number of hydrogen-bond acceptors (Lipinski definition) is 3. The summed E-state index contributed by atoms with van der Waals surface area (Å²) < 4.78 is 8.75. The van der Waals surface area contributed by atoms with E-state index in [1.54, 1.807) is 0 Å². The zero-order valence-electron chi connectivity index (χ0n) is 10.2. The molecule has 0 radical (unpaired) electrons. The summed E-state index contributed by atoms with van der Waals surface area (Å²) in [5, 5.41) is 4.36. The number of nitrogens with two attached hydrogens (primary N) is 1. The maximum atomic E-state index is 6.33. The maximum Gasteiger partial charge on any atom is 0.0783 e. The molecule has 1 aromatic heterocycles. The van der Waals surface area contributed by atoms with E-state index in [-0.39, 0.29) is 12.1 Å². The monoisotopic (exact) mass is 301 g/mol. The van der Waals surface area contributed by atoms with Gasteiger partial charge in [0.1, 0.15) is 0 Å². The normalized spacial score (nSPS) is 22.6. The Morgan fingerprint density at radius 1 is 1.65 bits per heavy atom. The SMILES string of the molecule is CCCn1ncc(Br)c1C(N)C1CCCCO1. The molecule has 4 nitrogen and oxygen atoms in total. The molecule has 2 unspecified atom stereocenters. The molecule has 2 N–H and O–H groups in total. The minimum absolute atomic E-state index is 0.0845. The summed E-state index contributed by atoms with van der Waals surface area (Å²) in [6.45, 7) is 3.88. The Bertz CT molecular complexity index is 361. The van der Waals surface area contributed by atoms with Crippen molar-refractivity contribution in [2.24, 2.45) is 5.73 Å². The topological polar surface area (TPSA) is 53.1 Å². The van der Waals surface area contributed by atoms with Crippen molar-refractivity contribution in [2.75, 3.05) is 6.61 Å². The highest BCUT2D eigenvalue weighted by molar-refractivity contribution is 9.10. The van der Waals surface area contributed by atoms with Gasteiger partial charge < -0.3 is 10.5 Å². The fourth-order valence-corrected chi connectivity index (χ4v) is 2.88. The Hall–Kier alpha value is -0.390. The Morgan fingerprint density at radius 3 is 3.12 bits per heavy atom. The third-order valence-corrected chi connectivity index (χ3v) is 3.81. The first-order chi connectivity index (χ1) is 8.24. The Kier molecular flexibility index (Phi) is 4.59. The van der Waals surface area contributed by atoms with Crippen molar-refractivity contribution in [3.63, 3.8) is 0 Å². The minimum atomic E-state index is -0.0845. The van der Waals surface area contributed by atoms with Crippen LogP contribution >= 0.6 is 15.9 Å². The maximum absolute atomic E-state index is 6.33. The lowest BCUT2D eigenvalue weighted by Gasteiger charge is -2.28. The molecule has 0 bridgehead atoms. The molecule has 5 heteroatoms. The first-order valence-electron chi connectivity index (χ1n) is 6.32. The van der Waals surface area contributed by atoms with Crippen LogP contribution in [-0.2, 0) is 11.3 Å². The van der Waals surface area contributed by atoms with E-state index in [0.717, 1.165) is 42.6 Å². The molecule has 0 amide bonds. The van der Waals surface area contributed by atoms with Crippen LogP contribution in [0.4, 0.5) is 0 Å². The minimum Gasteiger partial charge on any atom is -0.376 e. The van der Waals surface area contributed by atoms with Gasteiger partial charge in [0.2, 0.25) is 0 Å². The van der Waals surface area contributed by atoms with E-state index in [0.29, 0.717) is 0 Å². The van der Waals surface area contributed by atoms with Crippen LogP contribution in [0.3, 0.4) is 0 Å². The summed E-state index contributed by atoms with van der Waals surface area (Å²) in [5.74, 6) is 0. The zero-order chi connectivity index (χ0) is 12.3. The Morgan fingerprint density at radius 2 is 2.47 bits per heavy atom. The lowest BCUT2D eigenvalue weighted by Crippen LogP contribution is -2.33. The highest BCUT2D eigenvalue weighted by Crippen LogP contribution is 2.29. The summed E-state index contributed by atoms with van der Waals surface area (Å²) >= 11 is 3.54.